The molecule has 1 fully saturated rings. The molecule has 9 nitrogen and oxygen atoms in total. The summed E-state index contributed by atoms with van der Waals surface area (Å²) >= 11 is 12.8. The molecule has 0 unspecified atom stereocenters. The van der Waals surface area contributed by atoms with E-state index in [-0.39, 0.29) is 24.2 Å². The number of rotatable bonds is 9. The maximum absolute atomic E-state index is 13.8. The van der Waals surface area contributed by atoms with E-state index in [0.717, 1.165) is 36.2 Å². The molecule has 0 spiro atoms. The molecule has 0 saturated heterocycles. The number of carbonyl (C=O) groups excluding carboxylic acids is 2. The molecule has 1 N–H and O–H groups in total. The second kappa shape index (κ2) is 12.0. The van der Waals surface area contributed by atoms with Crippen LogP contribution in [0.5, 0.6) is 11.5 Å². The van der Waals surface area contributed by atoms with Gasteiger partial charge in [0.25, 0.3) is 0 Å². The zero-order chi connectivity index (χ0) is 27.4. The molecule has 2 aliphatic rings. The first-order valence-electron chi connectivity index (χ1n) is 12.4. The zero-order valence-electron chi connectivity index (χ0n) is 21.3. The van der Waals surface area contributed by atoms with Crippen LogP contribution in [0.1, 0.15) is 38.2 Å². The normalized spacial score (nSPS) is 16.1. The van der Waals surface area contributed by atoms with Crippen LogP contribution in [0, 0.1) is 0 Å². The van der Waals surface area contributed by atoms with Gasteiger partial charge in [0.2, 0.25) is 21.8 Å². The SMILES string of the molecule is C[C@@H](C(=O)NC1CCCC1)N(Cc1c(Cl)cccc1Cl)C(=O)CN(c1ccc2c(c1)OCCO2)S(C)(=O)=O. The molecule has 0 aromatic heterocycles. The Morgan fingerprint density at radius 3 is 2.32 bits per heavy atom. The van der Waals surface area contributed by atoms with Crippen molar-refractivity contribution in [1.82, 2.24) is 10.2 Å². The Kier molecular flexibility index (Phi) is 8.95. The molecule has 38 heavy (non-hydrogen) atoms. The third-order valence-electron chi connectivity index (χ3n) is 6.75. The van der Waals surface area contributed by atoms with E-state index >= 15 is 0 Å². The average Bonchev–Trinajstić information content (AvgIpc) is 3.38. The Hall–Kier alpha value is -2.69. The van der Waals surface area contributed by atoms with Gasteiger partial charge in [-0.05, 0) is 44.0 Å². The van der Waals surface area contributed by atoms with Crippen LogP contribution in [0.25, 0.3) is 0 Å². The smallest absolute Gasteiger partial charge is 0.244 e. The van der Waals surface area contributed by atoms with Gasteiger partial charge in [0, 0.05) is 34.3 Å². The second-order valence-corrected chi connectivity index (χ2v) is 12.2. The van der Waals surface area contributed by atoms with Crippen molar-refractivity contribution in [3.05, 3.63) is 52.0 Å². The van der Waals surface area contributed by atoms with Crippen LogP contribution < -0.4 is 19.1 Å². The molecule has 0 radical (unpaired) electrons. The van der Waals surface area contributed by atoms with Gasteiger partial charge in [0.15, 0.2) is 11.5 Å². The molecule has 2 aromatic carbocycles. The van der Waals surface area contributed by atoms with Gasteiger partial charge in [-0.1, -0.05) is 42.1 Å². The Morgan fingerprint density at radius 1 is 1.05 bits per heavy atom. The molecule has 1 heterocycles. The number of ether oxygens (including phenoxy) is 2. The fourth-order valence-corrected chi connectivity index (χ4v) is 5.99. The van der Waals surface area contributed by atoms with Gasteiger partial charge in [-0.3, -0.25) is 13.9 Å². The van der Waals surface area contributed by atoms with Gasteiger partial charge >= 0.3 is 0 Å². The largest absolute Gasteiger partial charge is 0.486 e. The number of carbonyl (C=O) groups is 2. The van der Waals surface area contributed by atoms with Crippen LogP contribution in [-0.2, 0) is 26.2 Å². The molecular weight excluding hydrogens is 553 g/mol. The lowest BCUT2D eigenvalue weighted by Crippen LogP contribution is -2.52. The van der Waals surface area contributed by atoms with Crippen molar-refractivity contribution in [3.63, 3.8) is 0 Å². The number of nitrogens with zero attached hydrogens (tertiary/aromatic N) is 2. The number of fused-ring (bicyclic) bond motifs is 1. The number of halogens is 2. The van der Waals surface area contributed by atoms with Crippen LogP contribution in [0.2, 0.25) is 10.0 Å². The van der Waals surface area contributed by atoms with Gasteiger partial charge in [-0.2, -0.15) is 0 Å². The topological polar surface area (TPSA) is 105 Å². The van der Waals surface area contributed by atoms with Crippen molar-refractivity contribution in [2.45, 2.75) is 51.2 Å². The average molecular weight is 585 g/mol. The highest BCUT2D eigenvalue weighted by molar-refractivity contribution is 7.92. The van der Waals surface area contributed by atoms with Gasteiger partial charge in [-0.25, -0.2) is 8.42 Å². The molecule has 2 amide bonds. The quantitative estimate of drug-likeness (QED) is 0.478. The van der Waals surface area contributed by atoms with Gasteiger partial charge in [0.05, 0.1) is 11.9 Å². The lowest BCUT2D eigenvalue weighted by molar-refractivity contribution is -0.139. The van der Waals surface area contributed by atoms with Crippen molar-refractivity contribution in [1.29, 1.82) is 0 Å². The Labute approximate surface area is 233 Å². The number of sulfonamides is 1. The molecule has 1 saturated carbocycles. The van der Waals surface area contributed by atoms with Crippen molar-refractivity contribution < 1.29 is 27.5 Å². The number of amides is 2. The van der Waals surface area contributed by atoms with Crippen LogP contribution >= 0.6 is 23.2 Å². The molecule has 12 heteroatoms. The van der Waals surface area contributed by atoms with E-state index in [9.17, 15) is 18.0 Å². The Balaban J connectivity index is 1.63. The molecule has 0 bridgehead atoms. The summed E-state index contributed by atoms with van der Waals surface area (Å²) in [6.07, 6.45) is 4.86. The van der Waals surface area contributed by atoms with Crippen LogP contribution in [0.4, 0.5) is 5.69 Å². The lowest BCUT2D eigenvalue weighted by Gasteiger charge is -2.32. The van der Waals surface area contributed by atoms with Crippen molar-refractivity contribution >= 4 is 50.7 Å². The van der Waals surface area contributed by atoms with Gasteiger partial charge in [0.1, 0.15) is 25.8 Å². The summed E-state index contributed by atoms with van der Waals surface area (Å²) in [7, 11) is -3.89. The van der Waals surface area contributed by atoms with Crippen molar-refractivity contribution in [2.75, 3.05) is 30.3 Å². The number of hydrogen-bond acceptors (Lipinski definition) is 6. The summed E-state index contributed by atoms with van der Waals surface area (Å²) in [4.78, 5) is 28.3. The number of anilines is 1. The third kappa shape index (κ3) is 6.65. The lowest BCUT2D eigenvalue weighted by atomic mass is 10.1. The number of benzene rings is 2. The molecule has 4 rings (SSSR count). The molecule has 1 aliphatic heterocycles. The minimum Gasteiger partial charge on any atom is -0.486 e. The Bertz CT molecular complexity index is 1280. The highest BCUT2D eigenvalue weighted by Crippen LogP contribution is 2.35. The molecular formula is C26H31Cl2N3O6S. The van der Waals surface area contributed by atoms with Gasteiger partial charge < -0.3 is 19.7 Å². The minimum absolute atomic E-state index is 0.0519. The van der Waals surface area contributed by atoms with E-state index < -0.39 is 28.5 Å². The van der Waals surface area contributed by atoms with Crippen LogP contribution in [0.3, 0.4) is 0 Å². The van der Waals surface area contributed by atoms with E-state index in [2.05, 4.69) is 5.32 Å². The highest BCUT2D eigenvalue weighted by atomic mass is 35.5. The van der Waals surface area contributed by atoms with E-state index in [1.165, 1.54) is 11.0 Å². The monoisotopic (exact) mass is 583 g/mol. The molecule has 206 valence electrons. The first kappa shape index (κ1) is 28.3. The standard InChI is InChI=1S/C26H31Cl2N3O6S/c1-17(26(33)29-18-6-3-4-7-18)30(15-20-21(27)8-5-9-22(20)28)25(32)16-31(38(2,34)35)19-10-11-23-24(14-19)37-13-12-36-23/h5,8-11,14,17-18H,3-4,6-7,12-13,15-16H2,1-2H3,(H,29,33)/t17-/m0/s1. The number of nitrogens with one attached hydrogen (secondary N) is 1. The number of hydrogen-bond donors (Lipinski definition) is 1. The highest BCUT2D eigenvalue weighted by Gasteiger charge is 2.32. The maximum atomic E-state index is 13.8. The van der Waals surface area contributed by atoms with Crippen LogP contribution in [0.15, 0.2) is 36.4 Å². The fourth-order valence-electron chi connectivity index (χ4n) is 4.63. The van der Waals surface area contributed by atoms with Crippen molar-refractivity contribution in [2.24, 2.45) is 0 Å². The van der Waals surface area contributed by atoms with E-state index in [1.54, 1.807) is 37.3 Å². The van der Waals surface area contributed by atoms with E-state index in [1.807, 2.05) is 0 Å². The first-order valence-corrected chi connectivity index (χ1v) is 15.0. The fraction of sp³-hybridized carbons (Fsp3) is 0.462. The second-order valence-electron chi connectivity index (χ2n) is 9.49. The van der Waals surface area contributed by atoms with Crippen molar-refractivity contribution in [3.8, 4) is 11.5 Å². The summed E-state index contributed by atoms with van der Waals surface area (Å²) < 4.78 is 37.7. The predicted molar refractivity (Wildman–Crippen MR) is 146 cm³/mol. The summed E-state index contributed by atoms with van der Waals surface area (Å²) in [6, 6.07) is 8.80. The summed E-state index contributed by atoms with van der Waals surface area (Å²) in [5.74, 6) is -0.0279. The Morgan fingerprint density at radius 2 is 1.68 bits per heavy atom. The minimum atomic E-state index is -3.89. The summed E-state index contributed by atoms with van der Waals surface area (Å²) in [6.45, 7) is 1.72. The molecule has 1 atom stereocenters. The summed E-state index contributed by atoms with van der Waals surface area (Å²) in [5.41, 5.74) is 0.707. The first-order chi connectivity index (χ1) is 18.0. The maximum Gasteiger partial charge on any atom is 0.244 e. The molecule has 1 aliphatic carbocycles. The van der Waals surface area contributed by atoms with E-state index in [4.69, 9.17) is 32.7 Å². The van der Waals surface area contributed by atoms with Crippen LogP contribution in [-0.4, -0.2) is 63.2 Å². The third-order valence-corrected chi connectivity index (χ3v) is 8.60. The van der Waals surface area contributed by atoms with E-state index in [0.29, 0.717) is 40.3 Å². The van der Waals surface area contributed by atoms with Gasteiger partial charge in [-0.15, -0.1) is 0 Å². The molecule has 2 aromatic rings. The zero-order valence-corrected chi connectivity index (χ0v) is 23.6. The summed E-state index contributed by atoms with van der Waals surface area (Å²) in [5, 5.41) is 3.69. The predicted octanol–water partition coefficient (Wildman–Crippen LogP) is 4.01.